The maximum absolute atomic E-state index is 9.30. The molecule has 0 saturated heterocycles. The average molecular weight is 394 g/mol. The molecule has 1 aromatic carbocycles. The van der Waals surface area contributed by atoms with Gasteiger partial charge in [0.15, 0.2) is 0 Å². The molecular weight excluding hydrogens is 376 g/mol. The van der Waals surface area contributed by atoms with Crippen molar-refractivity contribution in [3.05, 3.63) is 48.9 Å². The molecule has 1 fully saturated rings. The van der Waals surface area contributed by atoms with Gasteiger partial charge in [-0.25, -0.2) is 0 Å². The van der Waals surface area contributed by atoms with Crippen molar-refractivity contribution in [1.29, 1.82) is 10.5 Å². The molecule has 1 aliphatic carbocycles. The van der Waals surface area contributed by atoms with Crippen molar-refractivity contribution < 1.29 is 0 Å². The third-order valence-electron chi connectivity index (χ3n) is 5.77. The van der Waals surface area contributed by atoms with Gasteiger partial charge in [0.2, 0.25) is 0 Å². The Balaban J connectivity index is 1.62. The van der Waals surface area contributed by atoms with Crippen LogP contribution in [-0.4, -0.2) is 29.8 Å². The highest BCUT2D eigenvalue weighted by atomic mass is 15.5. The molecular formula is C22H18N8. The van der Waals surface area contributed by atoms with Gasteiger partial charge in [-0.15, -0.1) is 0 Å². The number of hydrogen-bond donors (Lipinski definition) is 0. The minimum atomic E-state index is -0.500. The van der Waals surface area contributed by atoms with Gasteiger partial charge in [-0.05, 0) is 37.1 Å². The summed E-state index contributed by atoms with van der Waals surface area (Å²) in [5.41, 5.74) is 3.78. The lowest BCUT2D eigenvalue weighted by molar-refractivity contribution is 0.0713. The molecule has 0 bridgehead atoms. The summed E-state index contributed by atoms with van der Waals surface area (Å²) in [4.78, 5) is 6.16. The number of pyridine rings is 1. The second kappa shape index (κ2) is 6.78. The lowest BCUT2D eigenvalue weighted by atomic mass is 9.68. The van der Waals surface area contributed by atoms with Crippen LogP contribution in [0.3, 0.4) is 0 Å². The van der Waals surface area contributed by atoms with Gasteiger partial charge in [-0.1, -0.05) is 6.07 Å². The zero-order chi connectivity index (χ0) is 20.7. The van der Waals surface area contributed by atoms with Crippen LogP contribution in [-0.2, 0) is 12.6 Å². The largest absolute Gasteiger partial charge is 0.275 e. The molecule has 30 heavy (non-hydrogen) atoms. The minimum Gasteiger partial charge on any atom is -0.275 e. The van der Waals surface area contributed by atoms with E-state index in [1.165, 1.54) is 0 Å². The van der Waals surface area contributed by atoms with Crippen molar-refractivity contribution in [3.63, 3.8) is 0 Å². The van der Waals surface area contributed by atoms with Crippen LogP contribution in [0.2, 0.25) is 0 Å². The molecule has 8 heteroatoms. The summed E-state index contributed by atoms with van der Waals surface area (Å²) in [6.07, 6.45) is 6.88. The smallest absolute Gasteiger partial charge is 0.113 e. The summed E-state index contributed by atoms with van der Waals surface area (Å²) in [6.45, 7) is 0. The van der Waals surface area contributed by atoms with Crippen LogP contribution in [0, 0.1) is 28.6 Å². The standard InChI is InChI=1S/C22H18N8/c1-29-8-4-19(27-29)16-9-18(17-3-2-7-25-20(17)10-16)21-14-26-30(28-21)22(5-6-23)11-15(12-22)13-24/h2-4,7-10,14-15H,5,11-12H2,1H3. The Morgan fingerprint density at radius 3 is 2.77 bits per heavy atom. The molecule has 146 valence electrons. The fourth-order valence-corrected chi connectivity index (χ4v) is 4.20. The van der Waals surface area contributed by atoms with Crippen LogP contribution < -0.4 is 0 Å². The predicted molar refractivity (Wildman–Crippen MR) is 110 cm³/mol. The maximum Gasteiger partial charge on any atom is 0.113 e. The first kappa shape index (κ1) is 18.0. The summed E-state index contributed by atoms with van der Waals surface area (Å²) >= 11 is 0. The Morgan fingerprint density at radius 1 is 1.17 bits per heavy atom. The van der Waals surface area contributed by atoms with Gasteiger partial charge in [-0.3, -0.25) is 9.67 Å². The fourth-order valence-electron chi connectivity index (χ4n) is 4.20. The molecule has 0 spiro atoms. The van der Waals surface area contributed by atoms with Gasteiger partial charge in [0.25, 0.3) is 0 Å². The SMILES string of the molecule is Cn1ccc(-c2cc(-c3cnn(C4(CC#N)CC(C#N)C4)n3)c3cccnc3c2)n1. The number of hydrogen-bond acceptors (Lipinski definition) is 6. The molecule has 0 radical (unpaired) electrons. The first-order chi connectivity index (χ1) is 14.6. The van der Waals surface area contributed by atoms with E-state index >= 15 is 0 Å². The molecule has 3 heterocycles. The summed E-state index contributed by atoms with van der Waals surface area (Å²) < 4.78 is 1.77. The van der Waals surface area contributed by atoms with E-state index in [-0.39, 0.29) is 12.3 Å². The van der Waals surface area contributed by atoms with Crippen molar-refractivity contribution in [2.24, 2.45) is 13.0 Å². The van der Waals surface area contributed by atoms with Crippen molar-refractivity contribution in [3.8, 4) is 34.7 Å². The van der Waals surface area contributed by atoms with Crippen LogP contribution >= 0.6 is 0 Å². The zero-order valence-corrected chi connectivity index (χ0v) is 16.4. The third kappa shape index (κ3) is 2.82. The topological polar surface area (TPSA) is 109 Å². The van der Waals surface area contributed by atoms with Gasteiger partial charge in [-0.2, -0.15) is 30.6 Å². The summed E-state index contributed by atoms with van der Waals surface area (Å²) in [6, 6.07) is 14.5. The monoisotopic (exact) mass is 394 g/mol. The van der Waals surface area contributed by atoms with E-state index in [9.17, 15) is 10.5 Å². The molecule has 1 aliphatic rings. The summed E-state index contributed by atoms with van der Waals surface area (Å²) in [5, 5.41) is 33.2. The van der Waals surface area contributed by atoms with Crippen LogP contribution in [0.1, 0.15) is 19.3 Å². The normalized spacial score (nSPS) is 20.4. The number of rotatable bonds is 4. The van der Waals surface area contributed by atoms with Crippen molar-refractivity contribution in [1.82, 2.24) is 29.8 Å². The molecule has 0 N–H and O–H groups in total. The van der Waals surface area contributed by atoms with Gasteiger partial charge in [0.05, 0.1) is 47.4 Å². The number of aryl methyl sites for hydroxylation is 1. The van der Waals surface area contributed by atoms with Crippen LogP contribution in [0.15, 0.2) is 48.9 Å². The highest BCUT2D eigenvalue weighted by Gasteiger charge is 2.48. The van der Waals surface area contributed by atoms with E-state index in [0.717, 1.165) is 27.7 Å². The molecule has 1 saturated carbocycles. The van der Waals surface area contributed by atoms with Gasteiger partial charge in [0.1, 0.15) is 5.69 Å². The van der Waals surface area contributed by atoms with Gasteiger partial charge in [0, 0.05) is 36.0 Å². The first-order valence-corrected chi connectivity index (χ1v) is 9.70. The van der Waals surface area contributed by atoms with Crippen LogP contribution in [0.5, 0.6) is 0 Å². The zero-order valence-electron chi connectivity index (χ0n) is 16.4. The van der Waals surface area contributed by atoms with Crippen LogP contribution in [0.4, 0.5) is 0 Å². The summed E-state index contributed by atoms with van der Waals surface area (Å²) in [5.74, 6) is -0.0506. The predicted octanol–water partition coefficient (Wildman–Crippen LogP) is 3.44. The fraction of sp³-hybridized carbons (Fsp3) is 0.273. The van der Waals surface area contributed by atoms with Crippen molar-refractivity contribution in [2.45, 2.75) is 24.8 Å². The van der Waals surface area contributed by atoms with E-state index in [4.69, 9.17) is 5.10 Å². The second-order valence-corrected chi connectivity index (χ2v) is 7.78. The van der Waals surface area contributed by atoms with Crippen LogP contribution in [0.25, 0.3) is 33.4 Å². The van der Waals surface area contributed by atoms with E-state index in [1.807, 2.05) is 37.5 Å². The van der Waals surface area contributed by atoms with E-state index in [2.05, 4.69) is 33.4 Å². The molecule has 0 atom stereocenters. The molecule has 0 amide bonds. The molecule has 0 aliphatic heterocycles. The number of fused-ring (bicyclic) bond motifs is 1. The third-order valence-corrected chi connectivity index (χ3v) is 5.77. The minimum absolute atomic E-state index is 0.0506. The molecule has 5 rings (SSSR count). The Labute approximate surface area is 173 Å². The Kier molecular flexibility index (Phi) is 4.07. The lowest BCUT2D eigenvalue weighted by Crippen LogP contribution is -2.47. The molecule has 4 aromatic rings. The van der Waals surface area contributed by atoms with Gasteiger partial charge >= 0.3 is 0 Å². The van der Waals surface area contributed by atoms with Crippen molar-refractivity contribution >= 4 is 10.9 Å². The Hall–Kier alpha value is -4.04. The second-order valence-electron chi connectivity index (χ2n) is 7.78. The van der Waals surface area contributed by atoms with E-state index in [0.29, 0.717) is 18.5 Å². The highest BCUT2D eigenvalue weighted by Crippen LogP contribution is 2.45. The first-order valence-electron chi connectivity index (χ1n) is 9.70. The molecule has 0 unspecified atom stereocenters. The number of nitriles is 2. The average Bonchev–Trinajstić information content (AvgIpc) is 3.39. The van der Waals surface area contributed by atoms with Gasteiger partial charge < -0.3 is 0 Å². The summed E-state index contributed by atoms with van der Waals surface area (Å²) in [7, 11) is 1.89. The van der Waals surface area contributed by atoms with Crippen molar-refractivity contribution in [2.75, 3.05) is 0 Å². The molecule has 3 aromatic heterocycles. The highest BCUT2D eigenvalue weighted by molar-refractivity contribution is 5.96. The number of aromatic nitrogens is 6. The maximum atomic E-state index is 9.30. The molecule has 8 nitrogen and oxygen atoms in total. The number of benzene rings is 1. The Morgan fingerprint density at radius 2 is 2.03 bits per heavy atom. The van der Waals surface area contributed by atoms with E-state index < -0.39 is 5.54 Å². The Bertz CT molecular complexity index is 1330. The lowest BCUT2D eigenvalue weighted by Gasteiger charge is -2.42. The van der Waals surface area contributed by atoms with E-state index in [1.54, 1.807) is 21.9 Å². The number of nitrogens with zero attached hydrogens (tertiary/aromatic N) is 8. The quantitative estimate of drug-likeness (QED) is 0.524.